The van der Waals surface area contributed by atoms with E-state index in [1.807, 2.05) is 0 Å². The maximum Gasteiger partial charge on any atom is 0.0350 e. The Morgan fingerprint density at radius 3 is 2.15 bits per heavy atom. The number of halogens is 1. The molecule has 3 unspecified atom stereocenters. The van der Waals surface area contributed by atoms with E-state index >= 15 is 0 Å². The molecule has 4 fully saturated rings. The lowest BCUT2D eigenvalue weighted by Crippen LogP contribution is -2.63. The molecular weight excluding hydrogens is 361 g/mol. The highest BCUT2D eigenvalue weighted by atomic mass is 127. The van der Waals surface area contributed by atoms with Crippen molar-refractivity contribution < 1.29 is 0 Å². The summed E-state index contributed by atoms with van der Waals surface area (Å²) in [6, 6.07) is 1.74. The second-order valence-corrected chi connectivity index (χ2v) is 9.19. The Labute approximate surface area is 137 Å². The molecule has 3 heterocycles. The second-order valence-electron chi connectivity index (χ2n) is 7.82. The molecule has 4 aliphatic rings. The molecule has 3 nitrogen and oxygen atoms in total. The monoisotopic (exact) mass is 389 g/mol. The zero-order chi connectivity index (χ0) is 13.7. The minimum absolute atomic E-state index is 0.846. The van der Waals surface area contributed by atoms with Gasteiger partial charge in [-0.05, 0) is 43.4 Å². The summed E-state index contributed by atoms with van der Waals surface area (Å²) in [5.41, 5.74) is 0. The maximum atomic E-state index is 2.84. The zero-order valence-corrected chi connectivity index (χ0v) is 14.8. The summed E-state index contributed by atoms with van der Waals surface area (Å²) >= 11 is 2.51. The van der Waals surface area contributed by atoms with Gasteiger partial charge in [-0.25, -0.2) is 3.11 Å². The van der Waals surface area contributed by atoms with Crippen LogP contribution in [0.1, 0.15) is 32.6 Å². The highest BCUT2D eigenvalue weighted by Gasteiger charge is 2.45. The SMILES string of the molecule is CC1CC2CN(C3CN(C4CCCN(I)C4)C3)CC2C1. The first kappa shape index (κ1) is 14.2. The Balaban J connectivity index is 1.26. The summed E-state index contributed by atoms with van der Waals surface area (Å²) in [7, 11) is 0. The van der Waals surface area contributed by atoms with Crippen LogP contribution < -0.4 is 0 Å². The molecule has 0 radical (unpaired) electrons. The van der Waals surface area contributed by atoms with Gasteiger partial charge < -0.3 is 0 Å². The van der Waals surface area contributed by atoms with Gasteiger partial charge in [0.25, 0.3) is 0 Å². The predicted octanol–water partition coefficient (Wildman–Crippen LogP) is 2.46. The number of hydrogen-bond donors (Lipinski definition) is 0. The van der Waals surface area contributed by atoms with Crippen molar-refractivity contribution in [1.82, 2.24) is 12.9 Å². The lowest BCUT2D eigenvalue weighted by molar-refractivity contribution is -0.00137. The summed E-state index contributed by atoms with van der Waals surface area (Å²) in [4.78, 5) is 5.59. The quantitative estimate of drug-likeness (QED) is 0.531. The summed E-state index contributed by atoms with van der Waals surface area (Å²) < 4.78 is 2.49. The molecule has 0 aromatic rings. The summed E-state index contributed by atoms with van der Waals surface area (Å²) in [6.45, 7) is 10.6. The Hall–Kier alpha value is 0.610. The summed E-state index contributed by atoms with van der Waals surface area (Å²) in [5, 5.41) is 0. The molecule has 0 aromatic carbocycles. The molecule has 4 rings (SSSR count). The molecule has 0 spiro atoms. The first-order valence-corrected chi connectivity index (χ1v) is 9.54. The largest absolute Gasteiger partial charge is 0.297 e. The van der Waals surface area contributed by atoms with Crippen molar-refractivity contribution in [2.75, 3.05) is 39.3 Å². The van der Waals surface area contributed by atoms with Crippen molar-refractivity contribution in [1.29, 1.82) is 0 Å². The van der Waals surface area contributed by atoms with E-state index in [1.54, 1.807) is 0 Å². The summed E-state index contributed by atoms with van der Waals surface area (Å²) in [6.07, 6.45) is 5.82. The molecular formula is C16H28IN3. The second kappa shape index (κ2) is 5.67. The van der Waals surface area contributed by atoms with Gasteiger partial charge in [0, 0.05) is 74.2 Å². The third kappa shape index (κ3) is 2.66. The molecule has 3 aliphatic heterocycles. The van der Waals surface area contributed by atoms with Gasteiger partial charge in [0.05, 0.1) is 0 Å². The molecule has 0 amide bonds. The van der Waals surface area contributed by atoms with Gasteiger partial charge in [0.2, 0.25) is 0 Å². The van der Waals surface area contributed by atoms with Gasteiger partial charge in [-0.15, -0.1) is 0 Å². The van der Waals surface area contributed by atoms with Gasteiger partial charge in [-0.2, -0.15) is 0 Å². The Bertz CT molecular complexity index is 344. The molecule has 3 atom stereocenters. The lowest BCUT2D eigenvalue weighted by Gasteiger charge is -2.50. The van der Waals surface area contributed by atoms with Crippen LogP contribution in [0.4, 0.5) is 0 Å². The lowest BCUT2D eigenvalue weighted by atomic mass is 9.98. The van der Waals surface area contributed by atoms with Gasteiger partial charge in [0.1, 0.15) is 0 Å². The fourth-order valence-electron chi connectivity index (χ4n) is 5.16. The van der Waals surface area contributed by atoms with Gasteiger partial charge in [-0.1, -0.05) is 6.92 Å². The number of rotatable bonds is 2. The Kier molecular flexibility index (Phi) is 4.03. The third-order valence-corrected chi connectivity index (χ3v) is 7.16. The molecule has 3 saturated heterocycles. The van der Waals surface area contributed by atoms with E-state index in [-0.39, 0.29) is 0 Å². The molecule has 0 bridgehead atoms. The first-order valence-electron chi connectivity index (χ1n) is 8.58. The van der Waals surface area contributed by atoms with E-state index in [1.165, 1.54) is 65.0 Å². The minimum atomic E-state index is 0.846. The van der Waals surface area contributed by atoms with Crippen LogP contribution in [0.25, 0.3) is 0 Å². The minimum Gasteiger partial charge on any atom is -0.297 e. The first-order chi connectivity index (χ1) is 9.69. The number of fused-ring (bicyclic) bond motifs is 1. The van der Waals surface area contributed by atoms with E-state index in [0.717, 1.165) is 29.8 Å². The zero-order valence-electron chi connectivity index (χ0n) is 12.7. The molecule has 1 saturated carbocycles. The van der Waals surface area contributed by atoms with Crippen LogP contribution in [0.15, 0.2) is 0 Å². The normalized spacial score (nSPS) is 44.7. The number of likely N-dealkylation sites (tertiary alicyclic amines) is 2. The predicted molar refractivity (Wildman–Crippen MR) is 90.9 cm³/mol. The van der Waals surface area contributed by atoms with Crippen LogP contribution in [0.5, 0.6) is 0 Å². The number of hydrogen-bond acceptors (Lipinski definition) is 3. The van der Waals surface area contributed by atoms with Crippen molar-refractivity contribution >= 4 is 22.9 Å². The highest BCUT2D eigenvalue weighted by Crippen LogP contribution is 2.42. The summed E-state index contributed by atoms with van der Waals surface area (Å²) in [5.74, 6) is 3.08. The van der Waals surface area contributed by atoms with Crippen molar-refractivity contribution in [2.45, 2.75) is 44.7 Å². The van der Waals surface area contributed by atoms with Gasteiger partial charge >= 0.3 is 0 Å². The average Bonchev–Trinajstić information content (AvgIpc) is 2.84. The third-order valence-electron chi connectivity index (χ3n) is 6.29. The van der Waals surface area contributed by atoms with Crippen molar-refractivity contribution in [3.05, 3.63) is 0 Å². The number of nitrogens with zero attached hydrogens (tertiary/aromatic N) is 3. The van der Waals surface area contributed by atoms with Crippen molar-refractivity contribution in [3.63, 3.8) is 0 Å². The van der Waals surface area contributed by atoms with E-state index in [4.69, 9.17) is 0 Å². The maximum absolute atomic E-state index is 2.84. The van der Waals surface area contributed by atoms with Crippen molar-refractivity contribution in [2.24, 2.45) is 17.8 Å². The topological polar surface area (TPSA) is 9.72 Å². The smallest absolute Gasteiger partial charge is 0.0350 e. The van der Waals surface area contributed by atoms with Gasteiger partial charge in [0.15, 0.2) is 0 Å². The standard InChI is InChI=1S/C16H28IN3/c1-12-5-13-7-18(8-14(13)6-12)16-9-19(10-16)15-3-2-4-20(17)11-15/h12-16H,2-11H2,1H3. The van der Waals surface area contributed by atoms with E-state index in [9.17, 15) is 0 Å². The molecule has 0 N–H and O–H groups in total. The van der Waals surface area contributed by atoms with Crippen LogP contribution >= 0.6 is 22.9 Å². The highest BCUT2D eigenvalue weighted by molar-refractivity contribution is 14.1. The van der Waals surface area contributed by atoms with Crippen molar-refractivity contribution in [3.8, 4) is 0 Å². The van der Waals surface area contributed by atoms with Crippen LogP contribution in [0.3, 0.4) is 0 Å². The van der Waals surface area contributed by atoms with E-state index in [0.29, 0.717) is 0 Å². The fraction of sp³-hybridized carbons (Fsp3) is 1.00. The van der Waals surface area contributed by atoms with E-state index < -0.39 is 0 Å². The van der Waals surface area contributed by atoms with Crippen LogP contribution in [-0.4, -0.2) is 64.3 Å². The van der Waals surface area contributed by atoms with Crippen LogP contribution in [0.2, 0.25) is 0 Å². The molecule has 4 heteroatoms. The van der Waals surface area contributed by atoms with E-state index in [2.05, 4.69) is 42.7 Å². The fourth-order valence-corrected chi connectivity index (χ4v) is 5.96. The van der Waals surface area contributed by atoms with Crippen LogP contribution in [0, 0.1) is 17.8 Å². The molecule has 114 valence electrons. The molecule has 0 aromatic heterocycles. The average molecular weight is 389 g/mol. The molecule has 1 aliphatic carbocycles. The number of piperidine rings is 1. The van der Waals surface area contributed by atoms with Crippen LogP contribution in [-0.2, 0) is 0 Å². The Morgan fingerprint density at radius 2 is 1.50 bits per heavy atom. The molecule has 20 heavy (non-hydrogen) atoms. The Morgan fingerprint density at radius 1 is 0.850 bits per heavy atom. The van der Waals surface area contributed by atoms with Gasteiger partial charge in [-0.3, -0.25) is 9.80 Å².